The van der Waals surface area contributed by atoms with Crippen molar-refractivity contribution in [3.63, 3.8) is 0 Å². The third kappa shape index (κ3) is 3.42. The molecule has 2 rings (SSSR count). The molecule has 0 spiro atoms. The average Bonchev–Trinajstić information content (AvgIpc) is 2.46. The SMILES string of the molecule is COc1ccc(/C(N)=N/O)cc1CN1CCCC(C)C1. The van der Waals surface area contributed by atoms with Crippen LogP contribution in [0.1, 0.15) is 30.9 Å². The fraction of sp³-hybridized carbons (Fsp3) is 0.533. The number of likely N-dealkylation sites (tertiary alicyclic amines) is 1. The van der Waals surface area contributed by atoms with Crippen molar-refractivity contribution >= 4 is 5.84 Å². The van der Waals surface area contributed by atoms with Crippen LogP contribution in [0.5, 0.6) is 5.75 Å². The average molecular weight is 277 g/mol. The third-order valence-corrected chi connectivity index (χ3v) is 3.82. The van der Waals surface area contributed by atoms with Gasteiger partial charge in [0.05, 0.1) is 7.11 Å². The molecule has 1 aromatic carbocycles. The van der Waals surface area contributed by atoms with Crippen LogP contribution in [0, 0.1) is 5.92 Å². The molecule has 0 radical (unpaired) electrons. The summed E-state index contributed by atoms with van der Waals surface area (Å²) in [7, 11) is 1.67. The number of ether oxygens (including phenoxy) is 1. The molecule has 1 aromatic rings. The molecular weight excluding hydrogens is 254 g/mol. The molecule has 1 aliphatic heterocycles. The van der Waals surface area contributed by atoms with Gasteiger partial charge in [-0.3, -0.25) is 4.90 Å². The Balaban J connectivity index is 2.19. The Kier molecular flexibility index (Phi) is 4.84. The summed E-state index contributed by atoms with van der Waals surface area (Å²) in [6.45, 7) is 5.34. The third-order valence-electron chi connectivity index (χ3n) is 3.82. The summed E-state index contributed by atoms with van der Waals surface area (Å²) in [6.07, 6.45) is 2.54. The van der Waals surface area contributed by atoms with Gasteiger partial charge in [-0.25, -0.2) is 0 Å². The van der Waals surface area contributed by atoms with Crippen molar-refractivity contribution in [3.05, 3.63) is 29.3 Å². The Morgan fingerprint density at radius 2 is 2.35 bits per heavy atom. The zero-order chi connectivity index (χ0) is 14.5. The quantitative estimate of drug-likeness (QED) is 0.382. The maximum atomic E-state index is 8.78. The molecule has 110 valence electrons. The molecule has 0 aromatic heterocycles. The highest BCUT2D eigenvalue weighted by Crippen LogP contribution is 2.24. The minimum atomic E-state index is 0.126. The first-order valence-corrected chi connectivity index (χ1v) is 7.01. The van der Waals surface area contributed by atoms with E-state index in [0.29, 0.717) is 5.56 Å². The van der Waals surface area contributed by atoms with Gasteiger partial charge < -0.3 is 15.7 Å². The van der Waals surface area contributed by atoms with Crippen molar-refractivity contribution < 1.29 is 9.94 Å². The number of rotatable bonds is 4. The van der Waals surface area contributed by atoms with Crippen molar-refractivity contribution in [1.82, 2.24) is 4.90 Å². The molecule has 0 saturated carbocycles. The van der Waals surface area contributed by atoms with E-state index in [1.54, 1.807) is 13.2 Å². The predicted molar refractivity (Wildman–Crippen MR) is 79.2 cm³/mol. The van der Waals surface area contributed by atoms with Crippen molar-refractivity contribution in [2.75, 3.05) is 20.2 Å². The van der Waals surface area contributed by atoms with E-state index >= 15 is 0 Å². The van der Waals surface area contributed by atoms with Gasteiger partial charge in [-0.15, -0.1) is 0 Å². The second-order valence-electron chi connectivity index (χ2n) is 5.49. The standard InChI is InChI=1S/C15H23N3O2/c1-11-4-3-7-18(9-11)10-13-8-12(15(16)17-19)5-6-14(13)20-2/h5-6,8,11,19H,3-4,7,9-10H2,1-2H3,(H2,16,17). The molecule has 0 amide bonds. The lowest BCUT2D eigenvalue weighted by atomic mass is 9.99. The first-order chi connectivity index (χ1) is 9.63. The fourth-order valence-corrected chi connectivity index (χ4v) is 2.79. The van der Waals surface area contributed by atoms with Gasteiger partial charge in [0.25, 0.3) is 0 Å². The van der Waals surface area contributed by atoms with Gasteiger partial charge in [-0.1, -0.05) is 12.1 Å². The lowest BCUT2D eigenvalue weighted by molar-refractivity contribution is 0.175. The highest BCUT2D eigenvalue weighted by molar-refractivity contribution is 5.97. The van der Waals surface area contributed by atoms with Gasteiger partial charge >= 0.3 is 0 Å². The summed E-state index contributed by atoms with van der Waals surface area (Å²) in [5.74, 6) is 1.71. The number of methoxy groups -OCH3 is 1. The topological polar surface area (TPSA) is 71.1 Å². The van der Waals surface area contributed by atoms with Gasteiger partial charge in [0, 0.05) is 24.2 Å². The van der Waals surface area contributed by atoms with Crippen LogP contribution in [0.4, 0.5) is 0 Å². The molecule has 5 nitrogen and oxygen atoms in total. The first-order valence-electron chi connectivity index (χ1n) is 7.01. The van der Waals surface area contributed by atoms with E-state index in [1.165, 1.54) is 12.8 Å². The molecule has 3 N–H and O–H groups in total. The largest absolute Gasteiger partial charge is 0.496 e. The zero-order valence-electron chi connectivity index (χ0n) is 12.2. The van der Waals surface area contributed by atoms with Gasteiger partial charge in [0.2, 0.25) is 0 Å². The number of piperidine rings is 1. The molecule has 0 bridgehead atoms. The van der Waals surface area contributed by atoms with Crippen molar-refractivity contribution in [3.8, 4) is 5.75 Å². The van der Waals surface area contributed by atoms with Crippen LogP contribution in [0.2, 0.25) is 0 Å². The van der Waals surface area contributed by atoms with Gasteiger partial charge in [0.15, 0.2) is 5.84 Å². The van der Waals surface area contributed by atoms with E-state index in [2.05, 4.69) is 17.0 Å². The monoisotopic (exact) mass is 277 g/mol. The number of nitrogens with zero attached hydrogens (tertiary/aromatic N) is 2. The van der Waals surface area contributed by atoms with Crippen LogP contribution >= 0.6 is 0 Å². The van der Waals surface area contributed by atoms with E-state index in [0.717, 1.165) is 36.9 Å². The Morgan fingerprint density at radius 3 is 3.00 bits per heavy atom. The number of oxime groups is 1. The van der Waals surface area contributed by atoms with Crippen LogP contribution in [-0.2, 0) is 6.54 Å². The first kappa shape index (κ1) is 14.7. The van der Waals surface area contributed by atoms with Crippen LogP contribution in [0.25, 0.3) is 0 Å². The highest BCUT2D eigenvalue weighted by atomic mass is 16.5. The summed E-state index contributed by atoms with van der Waals surface area (Å²) in [6, 6.07) is 5.61. The van der Waals surface area contributed by atoms with E-state index in [9.17, 15) is 0 Å². The lowest BCUT2D eigenvalue weighted by Crippen LogP contribution is -2.33. The number of hydrogen-bond donors (Lipinski definition) is 2. The van der Waals surface area contributed by atoms with Crippen LogP contribution < -0.4 is 10.5 Å². The van der Waals surface area contributed by atoms with Gasteiger partial charge in [-0.2, -0.15) is 0 Å². The Labute approximate surface area is 120 Å². The molecule has 1 aliphatic rings. The summed E-state index contributed by atoms with van der Waals surface area (Å²) in [5, 5.41) is 11.8. The van der Waals surface area contributed by atoms with Crippen LogP contribution in [0.3, 0.4) is 0 Å². The van der Waals surface area contributed by atoms with Crippen molar-refractivity contribution in [1.29, 1.82) is 0 Å². The smallest absolute Gasteiger partial charge is 0.170 e. The van der Waals surface area contributed by atoms with Gasteiger partial charge in [0.1, 0.15) is 5.75 Å². The predicted octanol–water partition coefficient (Wildman–Crippen LogP) is 2.02. The Hall–Kier alpha value is -1.75. The Morgan fingerprint density at radius 1 is 1.55 bits per heavy atom. The molecule has 1 atom stereocenters. The summed E-state index contributed by atoms with van der Waals surface area (Å²) >= 11 is 0. The van der Waals surface area contributed by atoms with E-state index in [4.69, 9.17) is 15.7 Å². The second kappa shape index (κ2) is 6.61. The van der Waals surface area contributed by atoms with Gasteiger partial charge in [-0.05, 0) is 43.5 Å². The highest BCUT2D eigenvalue weighted by Gasteiger charge is 2.18. The molecule has 1 saturated heterocycles. The minimum Gasteiger partial charge on any atom is -0.496 e. The molecule has 1 heterocycles. The maximum absolute atomic E-state index is 8.78. The van der Waals surface area contributed by atoms with E-state index in [-0.39, 0.29) is 5.84 Å². The summed E-state index contributed by atoms with van der Waals surface area (Å²) < 4.78 is 5.41. The molecule has 5 heteroatoms. The number of nitrogens with two attached hydrogens (primary N) is 1. The van der Waals surface area contributed by atoms with Crippen molar-refractivity contribution in [2.24, 2.45) is 16.8 Å². The molecule has 1 unspecified atom stereocenters. The Bertz CT molecular complexity index is 488. The molecule has 0 aliphatic carbocycles. The van der Waals surface area contributed by atoms with Crippen LogP contribution in [0.15, 0.2) is 23.4 Å². The van der Waals surface area contributed by atoms with E-state index in [1.807, 2.05) is 12.1 Å². The molecular formula is C15H23N3O2. The lowest BCUT2D eigenvalue weighted by Gasteiger charge is -2.31. The molecule has 20 heavy (non-hydrogen) atoms. The normalized spacial score (nSPS) is 20.9. The minimum absolute atomic E-state index is 0.126. The summed E-state index contributed by atoms with van der Waals surface area (Å²) in [5.41, 5.74) is 7.45. The van der Waals surface area contributed by atoms with Crippen LogP contribution in [-0.4, -0.2) is 36.1 Å². The van der Waals surface area contributed by atoms with Crippen molar-refractivity contribution in [2.45, 2.75) is 26.3 Å². The number of hydrogen-bond acceptors (Lipinski definition) is 4. The fourth-order valence-electron chi connectivity index (χ4n) is 2.79. The molecule has 1 fully saturated rings. The zero-order valence-corrected chi connectivity index (χ0v) is 12.2. The number of amidine groups is 1. The maximum Gasteiger partial charge on any atom is 0.170 e. The van der Waals surface area contributed by atoms with E-state index < -0.39 is 0 Å². The second-order valence-corrected chi connectivity index (χ2v) is 5.49. The number of benzene rings is 1. The summed E-state index contributed by atoms with van der Waals surface area (Å²) in [4.78, 5) is 2.43.